The maximum Gasteiger partial charge on any atom is 0.341 e. The number of guanidine groups is 1. The third kappa shape index (κ3) is 7.48. The van der Waals surface area contributed by atoms with Crippen molar-refractivity contribution >= 4 is 35.9 Å². The topological polar surface area (TPSA) is 81.6 Å². The van der Waals surface area contributed by atoms with Gasteiger partial charge in [-0.25, -0.2) is 4.79 Å². The maximum absolute atomic E-state index is 11.8. The van der Waals surface area contributed by atoms with E-state index >= 15 is 0 Å². The summed E-state index contributed by atoms with van der Waals surface area (Å²) in [7, 11) is 4.70. The number of piperidine rings is 1. The first-order valence-electron chi connectivity index (χ1n) is 11.1. The highest BCUT2D eigenvalue weighted by atomic mass is 127. The minimum Gasteiger partial charge on any atom is -0.496 e. The molecule has 0 aromatic heterocycles. The molecule has 2 heterocycles. The molecule has 9 heteroatoms. The van der Waals surface area contributed by atoms with Crippen LogP contribution in [-0.4, -0.2) is 76.6 Å². The van der Waals surface area contributed by atoms with Crippen LogP contribution in [0.4, 0.5) is 0 Å². The minimum absolute atomic E-state index is 0. The van der Waals surface area contributed by atoms with E-state index in [1.165, 1.54) is 20.0 Å². The van der Waals surface area contributed by atoms with Crippen molar-refractivity contribution in [3.05, 3.63) is 29.3 Å². The molecular weight excluding hydrogens is 525 g/mol. The van der Waals surface area contributed by atoms with Gasteiger partial charge in [0.15, 0.2) is 5.96 Å². The molecule has 0 aliphatic carbocycles. The summed E-state index contributed by atoms with van der Waals surface area (Å²) in [5.74, 6) is 0.957. The third-order valence-corrected chi connectivity index (χ3v) is 5.87. The summed E-state index contributed by atoms with van der Waals surface area (Å²) in [6.07, 6.45) is 6.04. The first kappa shape index (κ1) is 26.7. The number of hydrogen-bond acceptors (Lipinski definition) is 6. The van der Waals surface area contributed by atoms with Gasteiger partial charge in [0.25, 0.3) is 0 Å². The molecule has 0 bridgehead atoms. The molecule has 1 atom stereocenters. The van der Waals surface area contributed by atoms with Crippen molar-refractivity contribution in [2.75, 3.05) is 47.6 Å². The largest absolute Gasteiger partial charge is 0.496 e. The van der Waals surface area contributed by atoms with Crippen LogP contribution in [-0.2, 0) is 20.8 Å². The van der Waals surface area contributed by atoms with Crippen LogP contribution in [0.3, 0.4) is 0 Å². The Labute approximate surface area is 208 Å². The van der Waals surface area contributed by atoms with E-state index in [9.17, 15) is 4.79 Å². The van der Waals surface area contributed by atoms with Gasteiger partial charge in [-0.3, -0.25) is 4.99 Å². The van der Waals surface area contributed by atoms with E-state index in [-0.39, 0.29) is 36.2 Å². The number of nitrogens with one attached hydrogen (secondary N) is 1. The van der Waals surface area contributed by atoms with E-state index in [2.05, 4.69) is 15.2 Å². The van der Waals surface area contributed by atoms with Crippen molar-refractivity contribution < 1.29 is 23.7 Å². The van der Waals surface area contributed by atoms with Crippen molar-refractivity contribution in [3.8, 4) is 5.75 Å². The summed E-state index contributed by atoms with van der Waals surface area (Å²) < 4.78 is 22.0. The number of ether oxygens (including phenoxy) is 4. The molecule has 0 radical (unpaired) electrons. The second-order valence-electron chi connectivity index (χ2n) is 7.94. The molecule has 0 amide bonds. The van der Waals surface area contributed by atoms with Crippen molar-refractivity contribution in [1.29, 1.82) is 0 Å². The second-order valence-corrected chi connectivity index (χ2v) is 7.94. The van der Waals surface area contributed by atoms with Crippen molar-refractivity contribution in [2.45, 2.75) is 50.9 Å². The van der Waals surface area contributed by atoms with Crippen LogP contribution in [0, 0.1) is 0 Å². The smallest absolute Gasteiger partial charge is 0.341 e. The Bertz CT molecular complexity index is 747. The molecule has 1 unspecified atom stereocenters. The van der Waals surface area contributed by atoms with Crippen molar-refractivity contribution in [3.63, 3.8) is 0 Å². The first-order chi connectivity index (χ1) is 15.1. The lowest BCUT2D eigenvalue weighted by Gasteiger charge is -2.35. The van der Waals surface area contributed by atoms with Crippen LogP contribution in [0.1, 0.15) is 48.0 Å². The number of nitrogens with zero attached hydrogens (tertiary/aromatic N) is 2. The lowest BCUT2D eigenvalue weighted by Crippen LogP contribution is -2.47. The van der Waals surface area contributed by atoms with Gasteiger partial charge in [-0.2, -0.15) is 0 Å². The number of esters is 1. The van der Waals surface area contributed by atoms with E-state index in [0.29, 0.717) is 24.5 Å². The molecule has 8 nitrogen and oxygen atoms in total. The molecule has 2 aliphatic rings. The second kappa shape index (κ2) is 13.8. The SMILES string of the molecule is CN=C(NCc1ccc(C(=O)OC)c(OC)c1)N1CCC(OCC2CCCCO2)CC1.I. The molecular formula is C23H36IN3O5. The van der Waals surface area contributed by atoms with Gasteiger partial charge in [-0.1, -0.05) is 6.07 Å². The Balaban J connectivity index is 0.00000363. The highest BCUT2D eigenvalue weighted by molar-refractivity contribution is 14.0. The van der Waals surface area contributed by atoms with E-state index in [0.717, 1.165) is 50.5 Å². The molecule has 1 aromatic carbocycles. The van der Waals surface area contributed by atoms with Crippen molar-refractivity contribution in [2.24, 2.45) is 4.99 Å². The highest BCUT2D eigenvalue weighted by Gasteiger charge is 2.24. The Kier molecular flexibility index (Phi) is 11.5. The Hall–Kier alpha value is -1.59. The van der Waals surface area contributed by atoms with Crippen LogP contribution in [0.2, 0.25) is 0 Å². The molecule has 1 N–H and O–H groups in total. The average Bonchev–Trinajstić information content (AvgIpc) is 2.83. The quantitative estimate of drug-likeness (QED) is 0.237. The van der Waals surface area contributed by atoms with Gasteiger partial charge >= 0.3 is 5.97 Å². The Morgan fingerprint density at radius 2 is 2.00 bits per heavy atom. The lowest BCUT2D eigenvalue weighted by molar-refractivity contribution is -0.0721. The fourth-order valence-electron chi connectivity index (χ4n) is 4.05. The summed E-state index contributed by atoms with van der Waals surface area (Å²) >= 11 is 0. The highest BCUT2D eigenvalue weighted by Crippen LogP contribution is 2.21. The summed E-state index contributed by atoms with van der Waals surface area (Å²) in [5, 5.41) is 3.41. The van der Waals surface area contributed by atoms with Gasteiger partial charge in [-0.15, -0.1) is 24.0 Å². The minimum atomic E-state index is -0.410. The molecule has 2 aliphatic heterocycles. The van der Waals surface area contributed by atoms with Gasteiger partial charge < -0.3 is 29.2 Å². The monoisotopic (exact) mass is 561 g/mol. The molecule has 0 saturated carbocycles. The fraction of sp³-hybridized carbons (Fsp3) is 0.652. The number of hydrogen-bond donors (Lipinski definition) is 1. The van der Waals surface area contributed by atoms with Crippen LogP contribution in [0.5, 0.6) is 5.75 Å². The van der Waals surface area contributed by atoms with Crippen LogP contribution < -0.4 is 10.1 Å². The summed E-state index contributed by atoms with van der Waals surface area (Å²) in [4.78, 5) is 18.5. The van der Waals surface area contributed by atoms with Crippen LogP contribution in [0.15, 0.2) is 23.2 Å². The van der Waals surface area contributed by atoms with Gasteiger partial charge in [-0.05, 0) is 49.8 Å². The zero-order valence-corrected chi connectivity index (χ0v) is 21.6. The van der Waals surface area contributed by atoms with Crippen LogP contribution >= 0.6 is 24.0 Å². The molecule has 32 heavy (non-hydrogen) atoms. The molecule has 2 fully saturated rings. The van der Waals surface area contributed by atoms with Gasteiger partial charge in [0, 0.05) is 33.3 Å². The van der Waals surface area contributed by atoms with Gasteiger partial charge in [0.2, 0.25) is 0 Å². The van der Waals surface area contributed by atoms with Gasteiger partial charge in [0.1, 0.15) is 11.3 Å². The Morgan fingerprint density at radius 1 is 1.22 bits per heavy atom. The van der Waals surface area contributed by atoms with E-state index in [1.54, 1.807) is 20.2 Å². The number of rotatable bonds is 7. The van der Waals surface area contributed by atoms with E-state index in [4.69, 9.17) is 18.9 Å². The van der Waals surface area contributed by atoms with E-state index in [1.807, 2.05) is 12.1 Å². The zero-order valence-electron chi connectivity index (χ0n) is 19.3. The van der Waals surface area contributed by atoms with Crippen molar-refractivity contribution in [1.82, 2.24) is 10.2 Å². The molecule has 180 valence electrons. The number of carbonyl (C=O) groups excluding carboxylic acids is 1. The predicted octanol–water partition coefficient (Wildman–Crippen LogP) is 3.23. The summed E-state index contributed by atoms with van der Waals surface area (Å²) in [6, 6.07) is 5.46. The normalized spacial score (nSPS) is 19.8. The standard InChI is InChI=1S/C23H35N3O5.HI/c1-24-23(25-15-17-7-8-20(22(27)29-3)21(14-17)28-2)26-11-9-18(10-12-26)31-16-19-6-4-5-13-30-19;/h7-8,14,18-19H,4-6,9-13,15-16H2,1-3H3,(H,24,25);1H. The third-order valence-electron chi connectivity index (χ3n) is 5.87. The molecule has 0 spiro atoms. The summed E-state index contributed by atoms with van der Waals surface area (Å²) in [5.41, 5.74) is 1.41. The number of halogens is 1. The summed E-state index contributed by atoms with van der Waals surface area (Å²) in [6.45, 7) is 3.97. The molecule has 2 saturated heterocycles. The predicted molar refractivity (Wildman–Crippen MR) is 134 cm³/mol. The van der Waals surface area contributed by atoms with Crippen LogP contribution in [0.25, 0.3) is 0 Å². The van der Waals surface area contributed by atoms with Gasteiger partial charge in [0.05, 0.1) is 33.0 Å². The number of aliphatic imine (C=N–C) groups is 1. The lowest BCUT2D eigenvalue weighted by atomic mass is 10.1. The van der Waals surface area contributed by atoms with E-state index < -0.39 is 5.97 Å². The number of likely N-dealkylation sites (tertiary alicyclic amines) is 1. The molecule has 1 aromatic rings. The first-order valence-corrected chi connectivity index (χ1v) is 11.1. The molecule has 3 rings (SSSR count). The number of carbonyl (C=O) groups is 1. The average molecular weight is 561 g/mol. The number of benzene rings is 1. The Morgan fingerprint density at radius 3 is 2.62 bits per heavy atom. The zero-order chi connectivity index (χ0) is 22.1. The number of methoxy groups -OCH3 is 2. The fourth-order valence-corrected chi connectivity index (χ4v) is 4.05. The maximum atomic E-state index is 11.8.